The Hall–Kier alpha value is -1.88. The SMILES string of the molecule is COc1ccc(F)cc1CN[C@H](C)[C@@H](C)n1cccn1. The van der Waals surface area contributed by atoms with Crippen molar-refractivity contribution in [2.45, 2.75) is 32.5 Å². The van der Waals surface area contributed by atoms with Crippen LogP contribution in [0.5, 0.6) is 5.75 Å². The summed E-state index contributed by atoms with van der Waals surface area (Å²) in [4.78, 5) is 0. The second-order valence-corrected chi connectivity index (χ2v) is 4.85. The van der Waals surface area contributed by atoms with Gasteiger partial charge in [0.1, 0.15) is 11.6 Å². The monoisotopic (exact) mass is 277 g/mol. The van der Waals surface area contributed by atoms with Gasteiger partial charge in [0.25, 0.3) is 0 Å². The predicted molar refractivity (Wildman–Crippen MR) is 76.2 cm³/mol. The maximum absolute atomic E-state index is 13.3. The molecule has 0 aliphatic heterocycles. The molecule has 0 aliphatic carbocycles. The number of nitrogens with one attached hydrogen (secondary N) is 1. The van der Waals surface area contributed by atoms with Crippen molar-refractivity contribution < 1.29 is 9.13 Å². The van der Waals surface area contributed by atoms with Crippen molar-refractivity contribution in [1.29, 1.82) is 0 Å². The van der Waals surface area contributed by atoms with Crippen LogP contribution in [-0.4, -0.2) is 22.9 Å². The van der Waals surface area contributed by atoms with E-state index in [1.807, 2.05) is 16.9 Å². The maximum atomic E-state index is 13.3. The number of benzene rings is 1. The number of methoxy groups -OCH3 is 1. The number of hydrogen-bond acceptors (Lipinski definition) is 3. The summed E-state index contributed by atoms with van der Waals surface area (Å²) in [5.41, 5.74) is 0.812. The molecular weight excluding hydrogens is 257 g/mol. The van der Waals surface area contributed by atoms with E-state index in [1.54, 1.807) is 19.4 Å². The van der Waals surface area contributed by atoms with Crippen molar-refractivity contribution in [2.24, 2.45) is 0 Å². The van der Waals surface area contributed by atoms with Gasteiger partial charge in [-0.25, -0.2) is 4.39 Å². The number of nitrogens with zero attached hydrogens (tertiary/aromatic N) is 2. The van der Waals surface area contributed by atoms with Crippen LogP contribution in [0.25, 0.3) is 0 Å². The first kappa shape index (κ1) is 14.5. The van der Waals surface area contributed by atoms with Crippen LogP contribution in [0, 0.1) is 5.82 Å². The number of halogens is 1. The van der Waals surface area contributed by atoms with Gasteiger partial charge >= 0.3 is 0 Å². The first-order valence-corrected chi connectivity index (χ1v) is 6.66. The van der Waals surface area contributed by atoms with Crippen LogP contribution in [0.15, 0.2) is 36.7 Å². The molecule has 1 N–H and O–H groups in total. The molecule has 108 valence electrons. The molecule has 0 radical (unpaired) electrons. The van der Waals surface area contributed by atoms with E-state index >= 15 is 0 Å². The van der Waals surface area contributed by atoms with Gasteiger partial charge in [0, 0.05) is 30.5 Å². The van der Waals surface area contributed by atoms with Crippen LogP contribution in [0.2, 0.25) is 0 Å². The summed E-state index contributed by atoms with van der Waals surface area (Å²) in [5.74, 6) is 0.438. The molecule has 4 nitrogen and oxygen atoms in total. The maximum Gasteiger partial charge on any atom is 0.123 e. The number of ether oxygens (including phenoxy) is 1. The number of aromatic nitrogens is 2. The highest BCUT2D eigenvalue weighted by Crippen LogP contribution is 2.20. The predicted octanol–water partition coefficient (Wildman–Crippen LogP) is 2.77. The van der Waals surface area contributed by atoms with Crippen LogP contribution in [-0.2, 0) is 6.54 Å². The fourth-order valence-electron chi connectivity index (χ4n) is 2.08. The molecule has 0 saturated heterocycles. The summed E-state index contributed by atoms with van der Waals surface area (Å²) in [6, 6.07) is 6.86. The highest BCUT2D eigenvalue weighted by Gasteiger charge is 2.14. The van der Waals surface area contributed by atoms with Crippen LogP contribution in [0.1, 0.15) is 25.5 Å². The Kier molecular flexibility index (Phi) is 4.74. The Bertz CT molecular complexity index is 542. The van der Waals surface area contributed by atoms with Gasteiger partial charge in [-0.3, -0.25) is 4.68 Å². The summed E-state index contributed by atoms with van der Waals surface area (Å²) < 4.78 is 20.4. The van der Waals surface area contributed by atoms with E-state index in [-0.39, 0.29) is 17.9 Å². The van der Waals surface area contributed by atoms with E-state index in [4.69, 9.17) is 4.74 Å². The molecular formula is C15H20FN3O. The normalized spacial score (nSPS) is 14.0. The topological polar surface area (TPSA) is 39.1 Å². The highest BCUT2D eigenvalue weighted by atomic mass is 19.1. The largest absolute Gasteiger partial charge is 0.496 e. The molecule has 2 aromatic rings. The molecule has 1 aromatic heterocycles. The molecule has 0 aliphatic rings. The van der Waals surface area contributed by atoms with E-state index < -0.39 is 0 Å². The van der Waals surface area contributed by atoms with E-state index in [1.165, 1.54) is 12.1 Å². The Morgan fingerprint density at radius 1 is 1.40 bits per heavy atom. The van der Waals surface area contributed by atoms with E-state index in [9.17, 15) is 4.39 Å². The lowest BCUT2D eigenvalue weighted by atomic mass is 10.1. The Balaban J connectivity index is 1.99. The third kappa shape index (κ3) is 3.36. The van der Waals surface area contributed by atoms with Crippen molar-refractivity contribution in [3.63, 3.8) is 0 Å². The zero-order valence-corrected chi connectivity index (χ0v) is 12.0. The molecule has 1 aromatic carbocycles. The third-order valence-electron chi connectivity index (χ3n) is 3.52. The Labute approximate surface area is 118 Å². The molecule has 2 rings (SSSR count). The van der Waals surface area contributed by atoms with Crippen LogP contribution in [0.3, 0.4) is 0 Å². The van der Waals surface area contributed by atoms with E-state index in [0.717, 1.165) is 5.56 Å². The number of hydrogen-bond donors (Lipinski definition) is 1. The molecule has 5 heteroatoms. The minimum Gasteiger partial charge on any atom is -0.496 e. The minimum absolute atomic E-state index is 0.197. The summed E-state index contributed by atoms with van der Waals surface area (Å²) in [5, 5.41) is 7.61. The molecule has 0 spiro atoms. The summed E-state index contributed by atoms with van der Waals surface area (Å²) in [6.45, 7) is 4.72. The molecule has 20 heavy (non-hydrogen) atoms. The zero-order chi connectivity index (χ0) is 14.5. The van der Waals surface area contributed by atoms with Crippen molar-refractivity contribution in [1.82, 2.24) is 15.1 Å². The summed E-state index contributed by atoms with van der Waals surface area (Å²) in [7, 11) is 1.59. The fourth-order valence-corrected chi connectivity index (χ4v) is 2.08. The Morgan fingerprint density at radius 3 is 2.85 bits per heavy atom. The van der Waals surface area contributed by atoms with E-state index in [2.05, 4.69) is 24.3 Å². The smallest absolute Gasteiger partial charge is 0.123 e. The highest BCUT2D eigenvalue weighted by molar-refractivity contribution is 5.33. The quantitative estimate of drug-likeness (QED) is 0.882. The van der Waals surface area contributed by atoms with Gasteiger partial charge in [-0.15, -0.1) is 0 Å². The average Bonchev–Trinajstić information content (AvgIpc) is 2.98. The first-order chi connectivity index (χ1) is 9.61. The molecule has 0 fully saturated rings. The molecule has 0 saturated carbocycles. The zero-order valence-electron chi connectivity index (χ0n) is 12.0. The molecule has 0 amide bonds. The fraction of sp³-hybridized carbons (Fsp3) is 0.400. The van der Waals surface area contributed by atoms with E-state index in [0.29, 0.717) is 12.3 Å². The van der Waals surface area contributed by atoms with Gasteiger partial charge < -0.3 is 10.1 Å². The Morgan fingerprint density at radius 2 is 2.20 bits per heavy atom. The second-order valence-electron chi connectivity index (χ2n) is 4.85. The van der Waals surface area contributed by atoms with Gasteiger partial charge in [0.15, 0.2) is 0 Å². The lowest BCUT2D eigenvalue weighted by Gasteiger charge is -2.22. The minimum atomic E-state index is -0.254. The summed E-state index contributed by atoms with van der Waals surface area (Å²) in [6.07, 6.45) is 3.70. The second kappa shape index (κ2) is 6.52. The van der Waals surface area contributed by atoms with Gasteiger partial charge in [-0.2, -0.15) is 5.10 Å². The lowest BCUT2D eigenvalue weighted by Crippen LogP contribution is -2.33. The van der Waals surface area contributed by atoms with Crippen molar-refractivity contribution in [3.8, 4) is 5.75 Å². The first-order valence-electron chi connectivity index (χ1n) is 6.66. The van der Waals surface area contributed by atoms with Gasteiger partial charge in [-0.05, 0) is 38.1 Å². The molecule has 1 heterocycles. The van der Waals surface area contributed by atoms with Crippen molar-refractivity contribution in [3.05, 3.63) is 48.0 Å². The van der Waals surface area contributed by atoms with Crippen LogP contribution >= 0.6 is 0 Å². The lowest BCUT2D eigenvalue weighted by molar-refractivity contribution is 0.359. The number of rotatable bonds is 6. The molecule has 0 bridgehead atoms. The van der Waals surface area contributed by atoms with Gasteiger partial charge in [0.05, 0.1) is 13.2 Å². The van der Waals surface area contributed by atoms with Crippen LogP contribution < -0.4 is 10.1 Å². The van der Waals surface area contributed by atoms with Gasteiger partial charge in [-0.1, -0.05) is 0 Å². The standard InChI is InChI=1S/C15H20FN3O/c1-11(12(2)19-8-4-7-18-19)17-10-13-9-14(16)5-6-15(13)20-3/h4-9,11-12,17H,10H2,1-3H3/t11-,12-/m1/s1. The van der Waals surface area contributed by atoms with Gasteiger partial charge in [0.2, 0.25) is 0 Å². The summed E-state index contributed by atoms with van der Waals surface area (Å²) >= 11 is 0. The molecule has 2 atom stereocenters. The third-order valence-corrected chi connectivity index (χ3v) is 3.52. The van der Waals surface area contributed by atoms with Crippen molar-refractivity contribution in [2.75, 3.05) is 7.11 Å². The van der Waals surface area contributed by atoms with Crippen molar-refractivity contribution >= 4 is 0 Å². The molecule has 0 unspecified atom stereocenters. The van der Waals surface area contributed by atoms with Crippen LogP contribution in [0.4, 0.5) is 4.39 Å². The average molecular weight is 277 g/mol.